The molecule has 1 amide bonds. The molecule has 3 aromatic rings. The smallest absolute Gasteiger partial charge is 0.300 e. The summed E-state index contributed by atoms with van der Waals surface area (Å²) in [6, 6.07) is 9.11. The van der Waals surface area contributed by atoms with E-state index >= 15 is 0 Å². The molecule has 168 valence electrons. The number of aliphatic hydroxyl groups is 1. The molecule has 0 aliphatic carbocycles. The minimum absolute atomic E-state index is 0.129. The van der Waals surface area contributed by atoms with Gasteiger partial charge in [-0.1, -0.05) is 6.07 Å². The van der Waals surface area contributed by atoms with E-state index in [1.54, 1.807) is 18.2 Å². The van der Waals surface area contributed by atoms with Crippen molar-refractivity contribution >= 4 is 23.1 Å². The maximum atomic E-state index is 14.7. The monoisotopic (exact) mass is 452 g/mol. The Morgan fingerprint density at radius 3 is 2.48 bits per heavy atom. The number of anilines is 1. The van der Waals surface area contributed by atoms with Crippen LogP contribution in [0.5, 0.6) is 11.5 Å². The van der Waals surface area contributed by atoms with Crippen LogP contribution in [0.1, 0.15) is 17.2 Å². The number of carbonyl (C=O) groups excluding carboxylic acids is 2. The van der Waals surface area contributed by atoms with Crippen molar-refractivity contribution in [1.29, 1.82) is 0 Å². The zero-order valence-corrected chi connectivity index (χ0v) is 17.6. The van der Waals surface area contributed by atoms with Gasteiger partial charge in [-0.3, -0.25) is 19.5 Å². The van der Waals surface area contributed by atoms with Crippen molar-refractivity contribution in [3.05, 3.63) is 89.3 Å². The van der Waals surface area contributed by atoms with Crippen LogP contribution in [0, 0.1) is 11.6 Å². The lowest BCUT2D eigenvalue weighted by atomic mass is 9.95. The molecule has 2 aromatic carbocycles. The van der Waals surface area contributed by atoms with E-state index in [9.17, 15) is 23.5 Å². The number of Topliss-reactive ketones (excluding diaryl/α,β-unsaturated/α-hetero) is 1. The van der Waals surface area contributed by atoms with Crippen LogP contribution in [-0.4, -0.2) is 36.0 Å². The van der Waals surface area contributed by atoms with Crippen LogP contribution < -0.4 is 14.4 Å². The minimum Gasteiger partial charge on any atom is -0.507 e. The predicted octanol–water partition coefficient (Wildman–Crippen LogP) is 4.00. The molecule has 1 fully saturated rings. The van der Waals surface area contributed by atoms with Gasteiger partial charge in [-0.2, -0.15) is 0 Å². The topological polar surface area (TPSA) is 89.0 Å². The van der Waals surface area contributed by atoms with Gasteiger partial charge in [0.2, 0.25) is 0 Å². The van der Waals surface area contributed by atoms with Crippen LogP contribution in [-0.2, 0) is 9.59 Å². The number of aliphatic hydroxyl groups excluding tert-OH is 1. The third-order valence-corrected chi connectivity index (χ3v) is 5.28. The Bertz CT molecular complexity index is 1280. The summed E-state index contributed by atoms with van der Waals surface area (Å²) < 4.78 is 38.7. The average molecular weight is 452 g/mol. The van der Waals surface area contributed by atoms with E-state index in [1.807, 2.05) is 0 Å². The van der Waals surface area contributed by atoms with E-state index in [2.05, 4.69) is 4.98 Å². The third-order valence-electron chi connectivity index (χ3n) is 5.28. The Morgan fingerprint density at radius 2 is 1.85 bits per heavy atom. The van der Waals surface area contributed by atoms with Gasteiger partial charge in [-0.25, -0.2) is 8.78 Å². The van der Waals surface area contributed by atoms with Crippen molar-refractivity contribution < 1.29 is 33.0 Å². The largest absolute Gasteiger partial charge is 0.507 e. The van der Waals surface area contributed by atoms with Gasteiger partial charge in [0.05, 0.1) is 37.1 Å². The van der Waals surface area contributed by atoms with Gasteiger partial charge in [0, 0.05) is 24.5 Å². The molecule has 0 saturated carbocycles. The number of hydrogen-bond acceptors (Lipinski definition) is 6. The highest BCUT2D eigenvalue weighted by Crippen LogP contribution is 2.44. The standard InChI is InChI=1S/C24H18F2N2O5/c1-32-15-6-7-16(19(11-15)33-2)22(29)20-21(13-4-3-9-27-12-13)28(24(31)23(20)30)18-8-5-14(25)10-17(18)26/h3-12,21,29H,1-2H3/b22-20-. The second kappa shape index (κ2) is 8.70. The molecule has 0 spiro atoms. The number of ether oxygens (including phenoxy) is 2. The number of rotatable bonds is 5. The number of benzene rings is 2. The fourth-order valence-corrected chi connectivity index (χ4v) is 3.75. The van der Waals surface area contributed by atoms with Gasteiger partial charge in [0.1, 0.15) is 28.9 Å². The molecule has 2 heterocycles. The fourth-order valence-electron chi connectivity index (χ4n) is 3.75. The van der Waals surface area contributed by atoms with Crippen molar-refractivity contribution in [2.45, 2.75) is 6.04 Å². The Hall–Kier alpha value is -4.27. The number of pyridine rings is 1. The van der Waals surface area contributed by atoms with Gasteiger partial charge in [0.25, 0.3) is 11.7 Å². The molecule has 0 bridgehead atoms. The van der Waals surface area contributed by atoms with Gasteiger partial charge >= 0.3 is 0 Å². The SMILES string of the molecule is COc1ccc(/C(O)=C2/C(=O)C(=O)N(c3ccc(F)cc3F)C2c2cccnc2)c(OC)c1. The van der Waals surface area contributed by atoms with Crippen LogP contribution in [0.2, 0.25) is 0 Å². The summed E-state index contributed by atoms with van der Waals surface area (Å²) in [5.74, 6) is -3.88. The van der Waals surface area contributed by atoms with E-state index in [1.165, 1.54) is 38.7 Å². The van der Waals surface area contributed by atoms with Gasteiger partial charge in [-0.15, -0.1) is 0 Å². The first kappa shape index (κ1) is 21.9. The number of hydrogen-bond donors (Lipinski definition) is 1. The first-order valence-electron chi connectivity index (χ1n) is 9.75. The molecule has 1 atom stereocenters. The summed E-state index contributed by atoms with van der Waals surface area (Å²) in [6.45, 7) is 0. The number of ketones is 1. The van der Waals surface area contributed by atoms with E-state index in [-0.39, 0.29) is 22.6 Å². The molecule has 7 nitrogen and oxygen atoms in total. The van der Waals surface area contributed by atoms with Crippen molar-refractivity contribution in [2.24, 2.45) is 0 Å². The van der Waals surface area contributed by atoms with E-state index < -0.39 is 35.1 Å². The first-order chi connectivity index (χ1) is 15.9. The average Bonchev–Trinajstić information content (AvgIpc) is 3.09. The van der Waals surface area contributed by atoms with Crippen LogP contribution in [0.3, 0.4) is 0 Å². The normalized spacial score (nSPS) is 17.3. The zero-order valence-electron chi connectivity index (χ0n) is 17.6. The second-order valence-corrected chi connectivity index (χ2v) is 7.12. The Balaban J connectivity index is 1.97. The molecule has 1 unspecified atom stereocenters. The summed E-state index contributed by atoms with van der Waals surface area (Å²) in [4.78, 5) is 31.0. The van der Waals surface area contributed by atoms with Crippen molar-refractivity contribution in [3.8, 4) is 11.5 Å². The van der Waals surface area contributed by atoms with Crippen LogP contribution in [0.25, 0.3) is 5.76 Å². The zero-order chi connectivity index (χ0) is 23.7. The van der Waals surface area contributed by atoms with E-state index in [0.717, 1.165) is 17.0 Å². The van der Waals surface area contributed by atoms with Crippen molar-refractivity contribution in [3.63, 3.8) is 0 Å². The Morgan fingerprint density at radius 1 is 1.06 bits per heavy atom. The molecule has 1 aliphatic rings. The third kappa shape index (κ3) is 3.78. The number of carbonyl (C=O) groups is 2. The number of methoxy groups -OCH3 is 2. The van der Waals surface area contributed by atoms with Crippen LogP contribution in [0.4, 0.5) is 14.5 Å². The number of halogens is 2. The van der Waals surface area contributed by atoms with Crippen LogP contribution >= 0.6 is 0 Å². The lowest BCUT2D eigenvalue weighted by molar-refractivity contribution is -0.132. The molecule has 1 saturated heterocycles. The molecule has 1 aromatic heterocycles. The molecule has 1 N–H and O–H groups in total. The highest BCUT2D eigenvalue weighted by atomic mass is 19.1. The summed E-state index contributed by atoms with van der Waals surface area (Å²) in [6.07, 6.45) is 2.88. The minimum atomic E-state index is -1.22. The molecule has 9 heteroatoms. The lowest BCUT2D eigenvalue weighted by Gasteiger charge is -2.25. The molecule has 33 heavy (non-hydrogen) atoms. The first-order valence-corrected chi connectivity index (χ1v) is 9.75. The van der Waals surface area contributed by atoms with Gasteiger partial charge in [0.15, 0.2) is 0 Å². The number of nitrogens with zero attached hydrogens (tertiary/aromatic N) is 2. The maximum absolute atomic E-state index is 14.7. The fraction of sp³-hybridized carbons (Fsp3) is 0.125. The maximum Gasteiger partial charge on any atom is 0.300 e. The highest BCUT2D eigenvalue weighted by Gasteiger charge is 2.48. The highest BCUT2D eigenvalue weighted by molar-refractivity contribution is 6.51. The number of aromatic nitrogens is 1. The molecule has 0 radical (unpaired) electrons. The van der Waals surface area contributed by atoms with Crippen LogP contribution in [0.15, 0.2) is 66.5 Å². The van der Waals surface area contributed by atoms with Crippen molar-refractivity contribution in [2.75, 3.05) is 19.1 Å². The van der Waals surface area contributed by atoms with E-state index in [0.29, 0.717) is 17.4 Å². The summed E-state index contributed by atoms with van der Waals surface area (Å²) in [5.41, 5.74) is -0.132. The Kier molecular flexibility index (Phi) is 5.78. The van der Waals surface area contributed by atoms with Gasteiger partial charge < -0.3 is 14.6 Å². The summed E-state index contributed by atoms with van der Waals surface area (Å²) in [5, 5.41) is 11.2. The van der Waals surface area contributed by atoms with Gasteiger partial charge in [-0.05, 0) is 35.9 Å². The molecular weight excluding hydrogens is 434 g/mol. The predicted molar refractivity (Wildman–Crippen MR) is 115 cm³/mol. The quantitative estimate of drug-likeness (QED) is 0.358. The molecule has 4 rings (SSSR count). The lowest BCUT2D eigenvalue weighted by Crippen LogP contribution is -2.30. The summed E-state index contributed by atoms with van der Waals surface area (Å²) >= 11 is 0. The second-order valence-electron chi connectivity index (χ2n) is 7.12. The summed E-state index contributed by atoms with van der Waals surface area (Å²) in [7, 11) is 2.83. The van der Waals surface area contributed by atoms with E-state index in [4.69, 9.17) is 9.47 Å². The Labute approximate surface area is 187 Å². The van der Waals surface area contributed by atoms with Crippen molar-refractivity contribution in [1.82, 2.24) is 4.98 Å². The number of amides is 1. The molecular formula is C24H18F2N2O5. The molecule has 1 aliphatic heterocycles.